The molecule has 0 aliphatic carbocycles. The summed E-state index contributed by atoms with van der Waals surface area (Å²) < 4.78 is 5.53. The third kappa shape index (κ3) is 4.57. The molecule has 138 valence electrons. The second-order valence-electron chi connectivity index (χ2n) is 5.38. The standard InChI is InChI=1S/C18H12Cl2N2O4S/c19-12-4-3-5-13(20)17(12)21-18(23)16-8-11(10-27-16)9-26-15-7-2-1-6-14(15)22(24)25/h1-8,10H,9H2,(H,21,23). The largest absolute Gasteiger partial charge is 0.482 e. The van der Waals surface area contributed by atoms with Crippen LogP contribution in [0.15, 0.2) is 53.9 Å². The Kier molecular flexibility index (Phi) is 5.95. The predicted molar refractivity (Wildman–Crippen MR) is 106 cm³/mol. The molecule has 0 aliphatic heterocycles. The Morgan fingerprint density at radius 2 is 1.85 bits per heavy atom. The molecule has 3 rings (SSSR count). The first-order valence-electron chi connectivity index (χ1n) is 7.64. The molecule has 0 bridgehead atoms. The lowest BCUT2D eigenvalue weighted by molar-refractivity contribution is -0.385. The number of amides is 1. The molecule has 2 aromatic carbocycles. The Hall–Kier alpha value is -2.61. The maximum absolute atomic E-state index is 12.4. The Morgan fingerprint density at radius 1 is 1.15 bits per heavy atom. The van der Waals surface area contributed by atoms with Gasteiger partial charge in [-0.3, -0.25) is 14.9 Å². The van der Waals surface area contributed by atoms with Crippen molar-refractivity contribution in [3.63, 3.8) is 0 Å². The van der Waals surface area contributed by atoms with E-state index in [-0.39, 0.29) is 24.0 Å². The predicted octanol–water partition coefficient (Wildman–Crippen LogP) is 5.79. The molecule has 27 heavy (non-hydrogen) atoms. The zero-order valence-electron chi connectivity index (χ0n) is 13.6. The van der Waals surface area contributed by atoms with Crippen molar-refractivity contribution in [1.82, 2.24) is 0 Å². The number of nitro groups is 1. The van der Waals surface area contributed by atoms with E-state index in [4.69, 9.17) is 27.9 Å². The zero-order chi connectivity index (χ0) is 19.4. The Morgan fingerprint density at radius 3 is 2.56 bits per heavy atom. The van der Waals surface area contributed by atoms with E-state index in [1.165, 1.54) is 23.5 Å². The minimum Gasteiger partial charge on any atom is -0.482 e. The normalized spacial score (nSPS) is 10.4. The van der Waals surface area contributed by atoms with Crippen molar-refractivity contribution in [1.29, 1.82) is 0 Å². The SMILES string of the molecule is O=C(Nc1c(Cl)cccc1Cl)c1cc(COc2ccccc2[N+](=O)[O-])cs1. The number of nitrogens with one attached hydrogen (secondary N) is 1. The third-order valence-corrected chi connectivity index (χ3v) is 5.14. The zero-order valence-corrected chi connectivity index (χ0v) is 16.0. The number of para-hydroxylation sites is 3. The number of nitro benzene ring substituents is 1. The average molecular weight is 423 g/mol. The van der Waals surface area contributed by atoms with Gasteiger partial charge in [0.05, 0.1) is 25.5 Å². The summed E-state index contributed by atoms with van der Waals surface area (Å²) in [5.74, 6) is -0.186. The van der Waals surface area contributed by atoms with Gasteiger partial charge in [0.25, 0.3) is 5.91 Å². The van der Waals surface area contributed by atoms with Gasteiger partial charge < -0.3 is 10.1 Å². The number of hydrogen-bond acceptors (Lipinski definition) is 5. The number of carbonyl (C=O) groups excluding carboxylic acids is 1. The molecule has 0 unspecified atom stereocenters. The fraction of sp³-hybridized carbons (Fsp3) is 0.0556. The summed E-state index contributed by atoms with van der Waals surface area (Å²) >= 11 is 13.3. The number of nitrogens with zero attached hydrogens (tertiary/aromatic N) is 1. The number of halogens is 2. The van der Waals surface area contributed by atoms with Crippen molar-refractivity contribution in [3.05, 3.63) is 84.5 Å². The quantitative estimate of drug-likeness (QED) is 0.402. The van der Waals surface area contributed by atoms with Gasteiger partial charge in [0.1, 0.15) is 6.61 Å². The summed E-state index contributed by atoms with van der Waals surface area (Å²) in [5.41, 5.74) is 0.949. The van der Waals surface area contributed by atoms with Crippen LogP contribution in [0.5, 0.6) is 5.75 Å². The van der Waals surface area contributed by atoms with Crippen molar-refractivity contribution in [2.24, 2.45) is 0 Å². The molecule has 1 heterocycles. The second-order valence-corrected chi connectivity index (χ2v) is 7.11. The van der Waals surface area contributed by atoms with E-state index in [1.807, 2.05) is 0 Å². The van der Waals surface area contributed by atoms with Gasteiger partial charge in [-0.05, 0) is 29.6 Å². The van der Waals surface area contributed by atoms with Crippen molar-refractivity contribution in [3.8, 4) is 5.75 Å². The lowest BCUT2D eigenvalue weighted by atomic mass is 10.2. The van der Waals surface area contributed by atoms with Crippen LogP contribution in [0.25, 0.3) is 0 Å². The summed E-state index contributed by atoms with van der Waals surface area (Å²) in [6.45, 7) is 0.0987. The summed E-state index contributed by atoms with van der Waals surface area (Å²) in [6, 6.07) is 12.7. The number of benzene rings is 2. The minimum atomic E-state index is -0.505. The van der Waals surface area contributed by atoms with Crippen LogP contribution < -0.4 is 10.1 Å². The van der Waals surface area contributed by atoms with E-state index in [0.717, 1.165) is 0 Å². The molecule has 9 heteroatoms. The lowest BCUT2D eigenvalue weighted by Gasteiger charge is -2.07. The highest BCUT2D eigenvalue weighted by Crippen LogP contribution is 2.31. The highest BCUT2D eigenvalue weighted by atomic mass is 35.5. The summed E-state index contributed by atoms with van der Waals surface area (Å²) in [4.78, 5) is 23.3. The summed E-state index contributed by atoms with van der Waals surface area (Å²) in [6.07, 6.45) is 0. The maximum atomic E-state index is 12.4. The van der Waals surface area contributed by atoms with Crippen LogP contribution >= 0.6 is 34.5 Å². The van der Waals surface area contributed by atoms with E-state index in [2.05, 4.69) is 5.32 Å². The number of thiophene rings is 1. The van der Waals surface area contributed by atoms with Crippen molar-refractivity contribution >= 4 is 51.8 Å². The van der Waals surface area contributed by atoms with Gasteiger partial charge in [0.15, 0.2) is 5.75 Å². The van der Waals surface area contributed by atoms with Crippen LogP contribution in [-0.2, 0) is 6.61 Å². The first-order chi connectivity index (χ1) is 13.0. The van der Waals surface area contributed by atoms with E-state index in [9.17, 15) is 14.9 Å². The van der Waals surface area contributed by atoms with E-state index in [0.29, 0.717) is 26.2 Å². The van der Waals surface area contributed by atoms with Gasteiger partial charge >= 0.3 is 5.69 Å². The number of rotatable bonds is 6. The third-order valence-electron chi connectivity index (χ3n) is 3.54. The van der Waals surface area contributed by atoms with Crippen molar-refractivity contribution < 1.29 is 14.5 Å². The van der Waals surface area contributed by atoms with Crippen LogP contribution in [0.4, 0.5) is 11.4 Å². The molecule has 0 saturated heterocycles. The number of carbonyl (C=O) groups is 1. The van der Waals surface area contributed by atoms with Crippen LogP contribution in [0, 0.1) is 10.1 Å². The monoisotopic (exact) mass is 422 g/mol. The average Bonchev–Trinajstić information content (AvgIpc) is 3.12. The van der Waals surface area contributed by atoms with E-state index >= 15 is 0 Å². The second kappa shape index (κ2) is 8.39. The highest BCUT2D eigenvalue weighted by molar-refractivity contribution is 7.12. The molecular formula is C18H12Cl2N2O4S. The van der Waals surface area contributed by atoms with Gasteiger partial charge in [-0.1, -0.05) is 41.4 Å². The molecule has 1 aromatic heterocycles. The first kappa shape index (κ1) is 19.2. The fourth-order valence-corrected chi connectivity index (χ4v) is 3.54. The maximum Gasteiger partial charge on any atom is 0.310 e. The summed E-state index contributed by atoms with van der Waals surface area (Å²) in [7, 11) is 0. The molecule has 3 aromatic rings. The van der Waals surface area contributed by atoms with Crippen LogP contribution in [0.3, 0.4) is 0 Å². The molecule has 1 amide bonds. The lowest BCUT2D eigenvalue weighted by Crippen LogP contribution is -2.11. The van der Waals surface area contributed by atoms with E-state index in [1.54, 1.807) is 41.8 Å². The molecule has 0 fully saturated rings. The van der Waals surface area contributed by atoms with Gasteiger partial charge in [-0.25, -0.2) is 0 Å². The molecule has 1 N–H and O–H groups in total. The van der Waals surface area contributed by atoms with Gasteiger partial charge in [0.2, 0.25) is 0 Å². The molecule has 0 spiro atoms. The smallest absolute Gasteiger partial charge is 0.310 e. The van der Waals surface area contributed by atoms with Crippen LogP contribution in [0.1, 0.15) is 15.2 Å². The fourth-order valence-electron chi connectivity index (χ4n) is 2.25. The van der Waals surface area contributed by atoms with Crippen molar-refractivity contribution in [2.75, 3.05) is 5.32 Å². The van der Waals surface area contributed by atoms with Gasteiger partial charge in [-0.15, -0.1) is 11.3 Å². The Labute approximate surface area is 168 Å². The van der Waals surface area contributed by atoms with Crippen LogP contribution in [0.2, 0.25) is 10.0 Å². The molecule has 0 radical (unpaired) electrons. The molecule has 0 atom stereocenters. The topological polar surface area (TPSA) is 81.5 Å². The van der Waals surface area contributed by atoms with E-state index < -0.39 is 4.92 Å². The Balaban J connectivity index is 1.68. The molecule has 0 aliphatic rings. The number of ether oxygens (including phenoxy) is 1. The van der Waals surface area contributed by atoms with Crippen molar-refractivity contribution in [2.45, 2.75) is 6.61 Å². The first-order valence-corrected chi connectivity index (χ1v) is 9.28. The Bertz CT molecular complexity index is 986. The minimum absolute atomic E-state index is 0.0987. The van der Waals surface area contributed by atoms with Gasteiger partial charge in [0, 0.05) is 11.6 Å². The number of hydrogen-bond donors (Lipinski definition) is 1. The number of anilines is 1. The molecule has 6 nitrogen and oxygen atoms in total. The molecule has 0 saturated carbocycles. The highest BCUT2D eigenvalue weighted by Gasteiger charge is 2.16. The van der Waals surface area contributed by atoms with Crippen LogP contribution in [-0.4, -0.2) is 10.8 Å². The summed E-state index contributed by atoms with van der Waals surface area (Å²) in [5, 5.41) is 16.1. The molecular weight excluding hydrogens is 411 g/mol. The van der Waals surface area contributed by atoms with Gasteiger partial charge in [-0.2, -0.15) is 0 Å².